The Bertz CT molecular complexity index is 531. The van der Waals surface area contributed by atoms with Crippen molar-refractivity contribution in [1.29, 1.82) is 0 Å². The van der Waals surface area contributed by atoms with E-state index in [1.165, 1.54) is 5.69 Å². The SMILES string of the molecule is O=C(NCCCN1CCN(c2ccccc2)CC1)N1CCC(CO)C1. The van der Waals surface area contributed by atoms with Gasteiger partial charge in [0.1, 0.15) is 0 Å². The van der Waals surface area contributed by atoms with Gasteiger partial charge in [-0.15, -0.1) is 0 Å². The second-order valence-electron chi connectivity index (χ2n) is 7.03. The molecule has 0 radical (unpaired) electrons. The lowest BCUT2D eigenvalue weighted by Crippen LogP contribution is -2.47. The van der Waals surface area contributed by atoms with E-state index in [0.717, 1.165) is 58.7 Å². The molecule has 3 rings (SSSR count). The number of hydrogen-bond donors (Lipinski definition) is 2. The van der Waals surface area contributed by atoms with E-state index in [1.807, 2.05) is 4.90 Å². The van der Waals surface area contributed by atoms with Gasteiger partial charge in [0, 0.05) is 64.0 Å². The van der Waals surface area contributed by atoms with Crippen molar-refractivity contribution in [3.63, 3.8) is 0 Å². The number of aliphatic hydroxyl groups is 1. The number of para-hydroxylation sites is 1. The van der Waals surface area contributed by atoms with Gasteiger partial charge in [-0.1, -0.05) is 18.2 Å². The summed E-state index contributed by atoms with van der Waals surface area (Å²) in [5.41, 5.74) is 1.31. The number of piperazine rings is 1. The Balaban J connectivity index is 1.28. The van der Waals surface area contributed by atoms with E-state index in [0.29, 0.717) is 6.54 Å². The first-order chi connectivity index (χ1) is 12.3. The third kappa shape index (κ3) is 5.09. The first-order valence-corrected chi connectivity index (χ1v) is 9.42. The summed E-state index contributed by atoms with van der Waals surface area (Å²) in [6, 6.07) is 10.6. The van der Waals surface area contributed by atoms with E-state index in [9.17, 15) is 4.79 Å². The fourth-order valence-corrected chi connectivity index (χ4v) is 3.64. The number of carbonyl (C=O) groups is 1. The molecule has 6 heteroatoms. The van der Waals surface area contributed by atoms with Crippen LogP contribution in [0.2, 0.25) is 0 Å². The Labute approximate surface area is 150 Å². The molecule has 25 heavy (non-hydrogen) atoms. The van der Waals surface area contributed by atoms with Crippen LogP contribution in [-0.4, -0.2) is 79.9 Å². The number of carbonyl (C=O) groups excluding carboxylic acids is 1. The van der Waals surface area contributed by atoms with Crippen molar-refractivity contribution in [2.45, 2.75) is 12.8 Å². The van der Waals surface area contributed by atoms with Gasteiger partial charge in [-0.05, 0) is 31.5 Å². The van der Waals surface area contributed by atoms with E-state index >= 15 is 0 Å². The van der Waals surface area contributed by atoms with Crippen LogP contribution in [0.15, 0.2) is 30.3 Å². The van der Waals surface area contributed by atoms with E-state index < -0.39 is 0 Å². The molecule has 2 aliphatic heterocycles. The van der Waals surface area contributed by atoms with Crippen LogP contribution in [0.4, 0.5) is 10.5 Å². The Morgan fingerprint density at radius 3 is 2.56 bits per heavy atom. The maximum absolute atomic E-state index is 12.1. The normalized spacial score (nSPS) is 21.6. The molecule has 0 spiro atoms. The van der Waals surface area contributed by atoms with Gasteiger partial charge in [0.25, 0.3) is 0 Å². The molecule has 0 aromatic heterocycles. The van der Waals surface area contributed by atoms with Crippen LogP contribution in [0.3, 0.4) is 0 Å². The molecule has 0 saturated carbocycles. The van der Waals surface area contributed by atoms with E-state index in [-0.39, 0.29) is 18.6 Å². The molecule has 2 aliphatic rings. The smallest absolute Gasteiger partial charge is 0.317 e. The summed E-state index contributed by atoms with van der Waals surface area (Å²) < 4.78 is 0. The third-order valence-corrected chi connectivity index (χ3v) is 5.25. The first kappa shape index (κ1) is 18.0. The summed E-state index contributed by atoms with van der Waals surface area (Å²) in [5.74, 6) is 0.256. The minimum Gasteiger partial charge on any atom is -0.396 e. The van der Waals surface area contributed by atoms with Gasteiger partial charge in [0.15, 0.2) is 0 Å². The second kappa shape index (κ2) is 9.06. The van der Waals surface area contributed by atoms with Gasteiger partial charge in [0.2, 0.25) is 0 Å². The number of nitrogens with zero attached hydrogens (tertiary/aromatic N) is 3. The Morgan fingerprint density at radius 1 is 1.12 bits per heavy atom. The summed E-state index contributed by atoms with van der Waals surface area (Å²) >= 11 is 0. The molecule has 1 atom stereocenters. The topological polar surface area (TPSA) is 59.1 Å². The molecule has 1 aromatic carbocycles. The zero-order valence-electron chi connectivity index (χ0n) is 14.9. The Hall–Kier alpha value is -1.79. The van der Waals surface area contributed by atoms with E-state index in [4.69, 9.17) is 5.11 Å². The van der Waals surface area contributed by atoms with Gasteiger partial charge in [-0.3, -0.25) is 4.90 Å². The highest BCUT2D eigenvalue weighted by atomic mass is 16.3. The highest BCUT2D eigenvalue weighted by Crippen LogP contribution is 2.16. The average molecular weight is 346 g/mol. The molecule has 1 aromatic rings. The quantitative estimate of drug-likeness (QED) is 0.761. The molecule has 6 nitrogen and oxygen atoms in total. The average Bonchev–Trinajstić information content (AvgIpc) is 3.16. The summed E-state index contributed by atoms with van der Waals surface area (Å²) in [6.45, 7) is 7.65. The van der Waals surface area contributed by atoms with Crippen LogP contribution >= 0.6 is 0 Å². The van der Waals surface area contributed by atoms with Crippen molar-refractivity contribution in [2.24, 2.45) is 5.92 Å². The predicted octanol–water partition coefficient (Wildman–Crippen LogP) is 1.22. The minimum atomic E-state index is 0.0184. The number of aliphatic hydroxyl groups excluding tert-OH is 1. The molecular formula is C19H30N4O2. The second-order valence-corrected chi connectivity index (χ2v) is 7.03. The standard InChI is InChI=1S/C19H30N4O2/c24-16-17-7-10-23(15-17)19(25)20-8-4-9-21-11-13-22(14-12-21)18-5-2-1-3-6-18/h1-3,5-6,17,24H,4,7-16H2,(H,20,25). The zero-order valence-corrected chi connectivity index (χ0v) is 14.9. The lowest BCUT2D eigenvalue weighted by molar-refractivity contribution is 0.197. The maximum Gasteiger partial charge on any atom is 0.317 e. The number of anilines is 1. The zero-order chi connectivity index (χ0) is 17.5. The van der Waals surface area contributed by atoms with Gasteiger partial charge >= 0.3 is 6.03 Å². The molecule has 0 bridgehead atoms. The Kier molecular flexibility index (Phi) is 6.53. The highest BCUT2D eigenvalue weighted by Gasteiger charge is 2.25. The fourth-order valence-electron chi connectivity index (χ4n) is 3.64. The summed E-state index contributed by atoms with van der Waals surface area (Å²) in [4.78, 5) is 18.8. The van der Waals surface area contributed by atoms with Crippen LogP contribution in [0, 0.1) is 5.92 Å². The van der Waals surface area contributed by atoms with Gasteiger partial charge in [0.05, 0.1) is 0 Å². The van der Waals surface area contributed by atoms with Crippen LogP contribution in [0.25, 0.3) is 0 Å². The van der Waals surface area contributed by atoms with Crippen molar-refractivity contribution in [1.82, 2.24) is 15.1 Å². The summed E-state index contributed by atoms with van der Waals surface area (Å²) in [5, 5.41) is 12.2. The highest BCUT2D eigenvalue weighted by molar-refractivity contribution is 5.74. The fraction of sp³-hybridized carbons (Fsp3) is 0.632. The molecule has 2 amide bonds. The largest absolute Gasteiger partial charge is 0.396 e. The molecule has 138 valence electrons. The van der Waals surface area contributed by atoms with Gasteiger partial charge in [-0.25, -0.2) is 4.79 Å². The monoisotopic (exact) mass is 346 g/mol. The van der Waals surface area contributed by atoms with E-state index in [2.05, 4.69) is 45.4 Å². The molecular weight excluding hydrogens is 316 g/mol. The van der Waals surface area contributed by atoms with Crippen molar-refractivity contribution in [3.05, 3.63) is 30.3 Å². The molecule has 2 heterocycles. The molecule has 2 saturated heterocycles. The lowest BCUT2D eigenvalue weighted by atomic mass is 10.1. The maximum atomic E-state index is 12.1. The molecule has 1 unspecified atom stereocenters. The van der Waals surface area contributed by atoms with Crippen LogP contribution in [0.1, 0.15) is 12.8 Å². The van der Waals surface area contributed by atoms with Crippen LogP contribution in [-0.2, 0) is 0 Å². The third-order valence-electron chi connectivity index (χ3n) is 5.25. The number of urea groups is 1. The molecule has 2 N–H and O–H groups in total. The van der Waals surface area contributed by atoms with Crippen molar-refractivity contribution < 1.29 is 9.90 Å². The van der Waals surface area contributed by atoms with Crippen molar-refractivity contribution in [2.75, 3.05) is 63.9 Å². The number of rotatable bonds is 6. The predicted molar refractivity (Wildman–Crippen MR) is 99.9 cm³/mol. The Morgan fingerprint density at radius 2 is 1.88 bits per heavy atom. The van der Waals surface area contributed by atoms with E-state index in [1.54, 1.807) is 0 Å². The van der Waals surface area contributed by atoms with Crippen LogP contribution in [0.5, 0.6) is 0 Å². The first-order valence-electron chi connectivity index (χ1n) is 9.42. The number of benzene rings is 1. The van der Waals surface area contributed by atoms with Crippen molar-refractivity contribution in [3.8, 4) is 0 Å². The molecule has 0 aliphatic carbocycles. The molecule has 2 fully saturated rings. The minimum absolute atomic E-state index is 0.0184. The number of amides is 2. The van der Waals surface area contributed by atoms with Crippen molar-refractivity contribution >= 4 is 11.7 Å². The number of hydrogen-bond acceptors (Lipinski definition) is 4. The summed E-state index contributed by atoms with van der Waals surface area (Å²) in [6.07, 6.45) is 1.89. The summed E-state index contributed by atoms with van der Waals surface area (Å²) in [7, 11) is 0. The van der Waals surface area contributed by atoms with Gasteiger partial charge < -0.3 is 20.2 Å². The lowest BCUT2D eigenvalue weighted by Gasteiger charge is -2.36. The number of likely N-dealkylation sites (tertiary alicyclic amines) is 1. The number of nitrogens with one attached hydrogen (secondary N) is 1. The van der Waals surface area contributed by atoms with Gasteiger partial charge in [-0.2, -0.15) is 0 Å². The van der Waals surface area contributed by atoms with Crippen LogP contribution < -0.4 is 10.2 Å².